The first kappa shape index (κ1) is 8.37. The monoisotopic (exact) mass is 127 g/mol. The van der Waals surface area contributed by atoms with Gasteiger partial charge in [-0.15, -0.1) is 6.58 Å². The van der Waals surface area contributed by atoms with E-state index < -0.39 is 0 Å². The summed E-state index contributed by atoms with van der Waals surface area (Å²) >= 11 is 0. The number of hydrogen-bond donors (Lipinski definition) is 1. The Hall–Kier alpha value is -0.630. The molecule has 0 aromatic heterocycles. The molecule has 0 heterocycles. The molecule has 52 valence electrons. The summed E-state index contributed by atoms with van der Waals surface area (Å²) in [6.45, 7) is 7.00. The van der Waals surface area contributed by atoms with E-state index in [-0.39, 0.29) is 11.8 Å². The summed E-state index contributed by atoms with van der Waals surface area (Å²) in [6, 6.07) is -0.345. The second kappa shape index (κ2) is 3.41. The van der Waals surface area contributed by atoms with E-state index in [9.17, 15) is 4.79 Å². The second-order valence-corrected chi connectivity index (χ2v) is 2.38. The standard InChI is InChI=1S/C7H13NO/c1-5(2)4-7(8)6(3)9/h7H,1,4,8H2,2-3H3. The SMILES string of the molecule is C=C(C)CC(N)C(C)=O. The van der Waals surface area contributed by atoms with Gasteiger partial charge >= 0.3 is 0 Å². The van der Waals surface area contributed by atoms with Gasteiger partial charge < -0.3 is 5.73 Å². The predicted octanol–water partition coefficient (Wildman–Crippen LogP) is 0.869. The van der Waals surface area contributed by atoms with Gasteiger partial charge in [0.2, 0.25) is 0 Å². The van der Waals surface area contributed by atoms with Gasteiger partial charge in [0.15, 0.2) is 0 Å². The quantitative estimate of drug-likeness (QED) is 0.571. The smallest absolute Gasteiger partial charge is 0.146 e. The molecule has 2 nitrogen and oxygen atoms in total. The highest BCUT2D eigenvalue weighted by Crippen LogP contribution is 1.99. The summed E-state index contributed by atoms with van der Waals surface area (Å²) in [5.41, 5.74) is 6.36. The van der Waals surface area contributed by atoms with E-state index in [0.29, 0.717) is 6.42 Å². The molecule has 0 spiro atoms. The van der Waals surface area contributed by atoms with Gasteiger partial charge in [-0.25, -0.2) is 0 Å². The van der Waals surface area contributed by atoms with Crippen LogP contribution in [0.25, 0.3) is 0 Å². The fourth-order valence-electron chi connectivity index (χ4n) is 0.519. The van der Waals surface area contributed by atoms with E-state index in [0.717, 1.165) is 5.57 Å². The van der Waals surface area contributed by atoms with Crippen molar-refractivity contribution in [3.63, 3.8) is 0 Å². The maximum absolute atomic E-state index is 10.5. The van der Waals surface area contributed by atoms with E-state index in [1.807, 2.05) is 6.92 Å². The lowest BCUT2D eigenvalue weighted by molar-refractivity contribution is -0.118. The Kier molecular flexibility index (Phi) is 3.17. The number of hydrogen-bond acceptors (Lipinski definition) is 2. The summed E-state index contributed by atoms with van der Waals surface area (Å²) in [5.74, 6) is 0.0259. The fourth-order valence-corrected chi connectivity index (χ4v) is 0.519. The number of ketones is 1. The van der Waals surface area contributed by atoms with Crippen molar-refractivity contribution in [2.24, 2.45) is 5.73 Å². The van der Waals surface area contributed by atoms with Crippen molar-refractivity contribution in [1.29, 1.82) is 0 Å². The van der Waals surface area contributed by atoms with Crippen molar-refractivity contribution in [3.8, 4) is 0 Å². The number of nitrogens with two attached hydrogens (primary N) is 1. The number of carbonyl (C=O) groups excluding carboxylic acids is 1. The second-order valence-electron chi connectivity index (χ2n) is 2.38. The zero-order chi connectivity index (χ0) is 7.44. The van der Waals surface area contributed by atoms with Gasteiger partial charge in [-0.3, -0.25) is 4.79 Å². The molecule has 0 amide bonds. The number of rotatable bonds is 3. The lowest BCUT2D eigenvalue weighted by atomic mass is 10.1. The molecule has 1 atom stereocenters. The Morgan fingerprint density at radius 1 is 1.67 bits per heavy atom. The maximum atomic E-state index is 10.5. The van der Waals surface area contributed by atoms with Crippen LogP contribution in [0.2, 0.25) is 0 Å². The van der Waals surface area contributed by atoms with Crippen molar-refractivity contribution in [3.05, 3.63) is 12.2 Å². The predicted molar refractivity (Wildman–Crippen MR) is 38.1 cm³/mol. The molecule has 0 aromatic carbocycles. The van der Waals surface area contributed by atoms with Crippen LogP contribution in [0.5, 0.6) is 0 Å². The molecule has 2 heteroatoms. The van der Waals surface area contributed by atoms with Crippen LogP contribution in [-0.4, -0.2) is 11.8 Å². The third-order valence-corrected chi connectivity index (χ3v) is 1.09. The van der Waals surface area contributed by atoms with E-state index in [4.69, 9.17) is 5.73 Å². The molecule has 0 saturated carbocycles. The van der Waals surface area contributed by atoms with Crippen LogP contribution < -0.4 is 5.73 Å². The molecule has 0 fully saturated rings. The van der Waals surface area contributed by atoms with E-state index in [1.54, 1.807) is 0 Å². The van der Waals surface area contributed by atoms with Crippen molar-refractivity contribution in [2.45, 2.75) is 26.3 Å². The van der Waals surface area contributed by atoms with Gasteiger partial charge in [-0.05, 0) is 20.3 Å². The van der Waals surface area contributed by atoms with Crippen molar-refractivity contribution >= 4 is 5.78 Å². The minimum Gasteiger partial charge on any atom is -0.321 e. The minimum atomic E-state index is -0.345. The van der Waals surface area contributed by atoms with Crippen LogP contribution >= 0.6 is 0 Å². The third-order valence-electron chi connectivity index (χ3n) is 1.09. The molecular weight excluding hydrogens is 114 g/mol. The molecule has 0 aliphatic rings. The van der Waals surface area contributed by atoms with Gasteiger partial charge in [-0.2, -0.15) is 0 Å². The Morgan fingerprint density at radius 3 is 2.22 bits per heavy atom. The average molecular weight is 127 g/mol. The first-order chi connectivity index (χ1) is 4.04. The lowest BCUT2D eigenvalue weighted by Gasteiger charge is -2.04. The van der Waals surface area contributed by atoms with E-state index in [2.05, 4.69) is 6.58 Å². The molecule has 1 unspecified atom stereocenters. The summed E-state index contributed by atoms with van der Waals surface area (Å²) in [5, 5.41) is 0. The van der Waals surface area contributed by atoms with Gasteiger partial charge in [-0.1, -0.05) is 5.57 Å². The third kappa shape index (κ3) is 3.91. The molecular formula is C7H13NO. The maximum Gasteiger partial charge on any atom is 0.146 e. The lowest BCUT2D eigenvalue weighted by Crippen LogP contribution is -2.28. The molecule has 0 radical (unpaired) electrons. The summed E-state index contributed by atoms with van der Waals surface area (Å²) in [7, 11) is 0. The van der Waals surface area contributed by atoms with Crippen LogP contribution in [0, 0.1) is 0 Å². The van der Waals surface area contributed by atoms with Crippen LogP contribution in [0.3, 0.4) is 0 Å². The summed E-state index contributed by atoms with van der Waals surface area (Å²) in [4.78, 5) is 10.5. The van der Waals surface area contributed by atoms with E-state index in [1.165, 1.54) is 6.92 Å². The summed E-state index contributed by atoms with van der Waals surface area (Å²) in [6.07, 6.45) is 0.606. The zero-order valence-corrected chi connectivity index (χ0v) is 5.98. The highest BCUT2D eigenvalue weighted by molar-refractivity contribution is 5.81. The molecule has 9 heavy (non-hydrogen) atoms. The zero-order valence-electron chi connectivity index (χ0n) is 5.98. The van der Waals surface area contributed by atoms with Crippen molar-refractivity contribution in [1.82, 2.24) is 0 Å². The fraction of sp³-hybridized carbons (Fsp3) is 0.571. The van der Waals surface area contributed by atoms with Gasteiger partial charge in [0, 0.05) is 0 Å². The minimum absolute atomic E-state index is 0.0259. The Balaban J connectivity index is 3.63. The van der Waals surface area contributed by atoms with Crippen LogP contribution in [0.15, 0.2) is 12.2 Å². The summed E-state index contributed by atoms with van der Waals surface area (Å²) < 4.78 is 0. The Bertz CT molecular complexity index is 129. The molecule has 0 aliphatic heterocycles. The van der Waals surface area contributed by atoms with Gasteiger partial charge in [0.1, 0.15) is 5.78 Å². The molecule has 0 bridgehead atoms. The van der Waals surface area contributed by atoms with Gasteiger partial charge in [0.05, 0.1) is 6.04 Å². The van der Waals surface area contributed by atoms with Crippen molar-refractivity contribution < 1.29 is 4.79 Å². The van der Waals surface area contributed by atoms with Crippen LogP contribution in [0.4, 0.5) is 0 Å². The number of carbonyl (C=O) groups is 1. The Morgan fingerprint density at radius 2 is 2.11 bits per heavy atom. The Labute approximate surface area is 55.7 Å². The first-order valence-electron chi connectivity index (χ1n) is 2.94. The van der Waals surface area contributed by atoms with E-state index >= 15 is 0 Å². The number of Topliss-reactive ketones (excluding diaryl/α,β-unsaturated/α-hetero) is 1. The molecule has 0 saturated heterocycles. The topological polar surface area (TPSA) is 43.1 Å². The highest BCUT2D eigenvalue weighted by Gasteiger charge is 2.06. The first-order valence-corrected chi connectivity index (χ1v) is 2.94. The molecule has 0 aliphatic carbocycles. The van der Waals surface area contributed by atoms with Crippen molar-refractivity contribution in [2.75, 3.05) is 0 Å². The van der Waals surface area contributed by atoms with Gasteiger partial charge in [0.25, 0.3) is 0 Å². The molecule has 0 aromatic rings. The van der Waals surface area contributed by atoms with Crippen LogP contribution in [-0.2, 0) is 4.79 Å². The van der Waals surface area contributed by atoms with Crippen LogP contribution in [0.1, 0.15) is 20.3 Å². The average Bonchev–Trinajstić information content (AvgIpc) is 1.63. The molecule has 2 N–H and O–H groups in total. The highest BCUT2D eigenvalue weighted by atomic mass is 16.1. The molecule has 0 rings (SSSR count). The largest absolute Gasteiger partial charge is 0.321 e. The normalized spacial score (nSPS) is 12.8.